The van der Waals surface area contributed by atoms with Crippen LogP contribution in [0.5, 0.6) is 0 Å². The van der Waals surface area contributed by atoms with Gasteiger partial charge in [-0.15, -0.1) is 0 Å². The highest BCUT2D eigenvalue weighted by Gasteiger charge is 2.09. The van der Waals surface area contributed by atoms with E-state index in [2.05, 4.69) is 47.2 Å². The predicted molar refractivity (Wildman–Crippen MR) is 77.7 cm³/mol. The summed E-state index contributed by atoms with van der Waals surface area (Å²) in [5, 5.41) is 0. The first-order valence-electron chi connectivity index (χ1n) is 7.29. The minimum atomic E-state index is 1.07. The maximum absolute atomic E-state index is 2.62. The van der Waals surface area contributed by atoms with Crippen LogP contribution in [0, 0.1) is 0 Å². The topological polar surface area (TPSA) is 6.48 Å². The highest BCUT2D eigenvalue weighted by Crippen LogP contribution is 2.09. The van der Waals surface area contributed by atoms with E-state index in [9.17, 15) is 0 Å². The third kappa shape index (κ3) is 4.79. The Bertz CT molecular complexity index is 317. The van der Waals surface area contributed by atoms with E-state index in [0.717, 1.165) is 6.54 Å². The molecule has 0 bridgehead atoms. The number of nitrogens with zero attached hydrogens (tertiary/aromatic N) is 2. The standard InChI is InChI=1S/C16H26N2/c1-17(15-16-9-4-2-5-10-16)11-8-14-18-12-6-3-7-13-18/h2,4-5,9-10H,3,6-8,11-15H2,1H3. The molecular formula is C16H26N2. The maximum atomic E-state index is 2.62. The Kier molecular flexibility index (Phi) is 5.69. The Morgan fingerprint density at radius 3 is 2.50 bits per heavy atom. The Morgan fingerprint density at radius 2 is 1.78 bits per heavy atom. The van der Waals surface area contributed by atoms with Gasteiger partial charge in [0.05, 0.1) is 0 Å². The summed E-state index contributed by atoms with van der Waals surface area (Å²) in [5.74, 6) is 0. The molecule has 0 aromatic heterocycles. The van der Waals surface area contributed by atoms with Gasteiger partial charge in [-0.05, 0) is 58.1 Å². The Balaban J connectivity index is 1.61. The lowest BCUT2D eigenvalue weighted by Gasteiger charge is -2.27. The number of likely N-dealkylation sites (tertiary alicyclic amines) is 1. The predicted octanol–water partition coefficient (Wildman–Crippen LogP) is 2.99. The van der Waals surface area contributed by atoms with Crippen LogP contribution in [0.4, 0.5) is 0 Å². The van der Waals surface area contributed by atoms with E-state index in [1.54, 1.807) is 0 Å². The van der Waals surface area contributed by atoms with Gasteiger partial charge in [0.25, 0.3) is 0 Å². The van der Waals surface area contributed by atoms with Gasteiger partial charge in [-0.2, -0.15) is 0 Å². The third-order valence-electron chi connectivity index (χ3n) is 3.76. The summed E-state index contributed by atoms with van der Waals surface area (Å²) in [6, 6.07) is 10.7. The fraction of sp³-hybridized carbons (Fsp3) is 0.625. The van der Waals surface area contributed by atoms with Crippen molar-refractivity contribution in [3.63, 3.8) is 0 Å². The van der Waals surface area contributed by atoms with E-state index >= 15 is 0 Å². The van der Waals surface area contributed by atoms with Crippen molar-refractivity contribution < 1.29 is 0 Å². The quantitative estimate of drug-likeness (QED) is 0.761. The van der Waals surface area contributed by atoms with Gasteiger partial charge < -0.3 is 9.80 Å². The van der Waals surface area contributed by atoms with Crippen LogP contribution in [0.25, 0.3) is 0 Å². The SMILES string of the molecule is CN(CCCN1CCCCC1)Cc1ccccc1. The average molecular weight is 246 g/mol. The van der Waals surface area contributed by atoms with E-state index in [4.69, 9.17) is 0 Å². The van der Waals surface area contributed by atoms with E-state index in [0.29, 0.717) is 0 Å². The summed E-state index contributed by atoms with van der Waals surface area (Å²) >= 11 is 0. The normalized spacial score (nSPS) is 17.2. The maximum Gasteiger partial charge on any atom is 0.0230 e. The van der Waals surface area contributed by atoms with Crippen molar-refractivity contribution in [1.82, 2.24) is 9.80 Å². The number of piperidine rings is 1. The summed E-state index contributed by atoms with van der Waals surface area (Å²) in [6.07, 6.45) is 5.54. The lowest BCUT2D eigenvalue weighted by atomic mass is 10.1. The summed E-state index contributed by atoms with van der Waals surface area (Å²) in [5.41, 5.74) is 1.41. The molecule has 1 aliphatic rings. The molecule has 0 aliphatic carbocycles. The second-order valence-corrected chi connectivity index (χ2v) is 5.48. The van der Waals surface area contributed by atoms with Crippen molar-refractivity contribution in [2.45, 2.75) is 32.2 Å². The molecule has 2 heteroatoms. The molecular weight excluding hydrogens is 220 g/mol. The Hall–Kier alpha value is -0.860. The van der Waals surface area contributed by atoms with Crippen LogP contribution in [-0.2, 0) is 6.54 Å². The van der Waals surface area contributed by atoms with Gasteiger partial charge in [0.2, 0.25) is 0 Å². The van der Waals surface area contributed by atoms with Crippen LogP contribution in [0.15, 0.2) is 30.3 Å². The molecule has 0 unspecified atom stereocenters. The molecule has 1 aliphatic heterocycles. The fourth-order valence-electron chi connectivity index (χ4n) is 2.72. The van der Waals surface area contributed by atoms with Crippen LogP contribution >= 0.6 is 0 Å². The van der Waals surface area contributed by atoms with Gasteiger partial charge in [0.1, 0.15) is 0 Å². The van der Waals surface area contributed by atoms with Crippen LogP contribution in [0.3, 0.4) is 0 Å². The summed E-state index contributed by atoms with van der Waals surface area (Å²) < 4.78 is 0. The number of rotatable bonds is 6. The van der Waals surface area contributed by atoms with Crippen LogP contribution in [0.2, 0.25) is 0 Å². The first kappa shape index (κ1) is 13.6. The van der Waals surface area contributed by atoms with Crippen LogP contribution in [0.1, 0.15) is 31.2 Å². The van der Waals surface area contributed by atoms with Gasteiger partial charge in [-0.25, -0.2) is 0 Å². The molecule has 2 rings (SSSR count). The molecule has 0 radical (unpaired) electrons. The molecule has 1 heterocycles. The van der Waals surface area contributed by atoms with Crippen molar-refractivity contribution in [3.05, 3.63) is 35.9 Å². The molecule has 1 saturated heterocycles. The Morgan fingerprint density at radius 1 is 1.06 bits per heavy atom. The van der Waals surface area contributed by atoms with Gasteiger partial charge in [0, 0.05) is 6.54 Å². The molecule has 1 aromatic carbocycles. The molecule has 0 saturated carbocycles. The van der Waals surface area contributed by atoms with E-state index < -0.39 is 0 Å². The summed E-state index contributed by atoms with van der Waals surface area (Å²) in [6.45, 7) is 6.19. The number of hydrogen-bond acceptors (Lipinski definition) is 2. The molecule has 0 N–H and O–H groups in total. The molecule has 0 atom stereocenters. The lowest BCUT2D eigenvalue weighted by molar-refractivity contribution is 0.210. The fourth-order valence-corrected chi connectivity index (χ4v) is 2.72. The van der Waals surface area contributed by atoms with Crippen LogP contribution in [-0.4, -0.2) is 43.0 Å². The van der Waals surface area contributed by atoms with Crippen molar-refractivity contribution in [3.8, 4) is 0 Å². The largest absolute Gasteiger partial charge is 0.303 e. The molecule has 100 valence electrons. The highest BCUT2D eigenvalue weighted by atomic mass is 15.1. The van der Waals surface area contributed by atoms with Gasteiger partial charge in [0.15, 0.2) is 0 Å². The highest BCUT2D eigenvalue weighted by molar-refractivity contribution is 5.14. The molecule has 0 amide bonds. The summed E-state index contributed by atoms with van der Waals surface area (Å²) in [4.78, 5) is 5.05. The van der Waals surface area contributed by atoms with Crippen LogP contribution < -0.4 is 0 Å². The smallest absolute Gasteiger partial charge is 0.0230 e. The van der Waals surface area contributed by atoms with Gasteiger partial charge in [-0.3, -0.25) is 0 Å². The number of hydrogen-bond donors (Lipinski definition) is 0. The van der Waals surface area contributed by atoms with E-state index in [-0.39, 0.29) is 0 Å². The molecule has 0 spiro atoms. The molecule has 18 heavy (non-hydrogen) atoms. The lowest BCUT2D eigenvalue weighted by Crippen LogP contribution is -2.32. The second kappa shape index (κ2) is 7.55. The Labute approximate surface area is 112 Å². The zero-order valence-electron chi connectivity index (χ0n) is 11.6. The molecule has 2 nitrogen and oxygen atoms in total. The van der Waals surface area contributed by atoms with Crippen molar-refractivity contribution in [2.75, 3.05) is 33.2 Å². The van der Waals surface area contributed by atoms with Gasteiger partial charge >= 0.3 is 0 Å². The molecule has 1 aromatic rings. The first-order chi connectivity index (χ1) is 8.84. The first-order valence-corrected chi connectivity index (χ1v) is 7.29. The minimum absolute atomic E-state index is 1.07. The summed E-state index contributed by atoms with van der Waals surface area (Å²) in [7, 11) is 2.23. The minimum Gasteiger partial charge on any atom is -0.303 e. The van der Waals surface area contributed by atoms with E-state index in [1.807, 2.05) is 0 Å². The average Bonchev–Trinajstić information content (AvgIpc) is 2.41. The number of benzene rings is 1. The second-order valence-electron chi connectivity index (χ2n) is 5.48. The van der Waals surface area contributed by atoms with Crippen molar-refractivity contribution in [2.24, 2.45) is 0 Å². The zero-order valence-corrected chi connectivity index (χ0v) is 11.6. The molecule has 1 fully saturated rings. The monoisotopic (exact) mass is 246 g/mol. The van der Waals surface area contributed by atoms with Gasteiger partial charge in [-0.1, -0.05) is 36.8 Å². The van der Waals surface area contributed by atoms with Crippen molar-refractivity contribution >= 4 is 0 Å². The van der Waals surface area contributed by atoms with Crippen molar-refractivity contribution in [1.29, 1.82) is 0 Å². The zero-order chi connectivity index (χ0) is 12.6. The third-order valence-corrected chi connectivity index (χ3v) is 3.76. The van der Waals surface area contributed by atoms with E-state index in [1.165, 1.54) is 57.4 Å².